The molecule has 0 aliphatic rings. The molecule has 0 fully saturated rings. The zero-order chi connectivity index (χ0) is 18.1. The van der Waals surface area contributed by atoms with Gasteiger partial charge in [0.2, 0.25) is 0 Å². The minimum absolute atomic E-state index is 0.308. The van der Waals surface area contributed by atoms with Crippen LogP contribution in [0.2, 0.25) is 0 Å². The molecular formula is C19H14FN5O. The molecule has 26 heavy (non-hydrogen) atoms. The van der Waals surface area contributed by atoms with E-state index in [9.17, 15) is 9.18 Å². The molecule has 4 aromatic rings. The number of aryl methyl sites for hydroxylation is 1. The van der Waals surface area contributed by atoms with Gasteiger partial charge in [0.05, 0.1) is 23.0 Å². The van der Waals surface area contributed by atoms with E-state index < -0.39 is 0 Å². The van der Waals surface area contributed by atoms with Crippen molar-refractivity contribution in [3.8, 4) is 11.4 Å². The van der Waals surface area contributed by atoms with Crippen molar-refractivity contribution < 1.29 is 9.18 Å². The minimum atomic E-state index is -0.360. The molecule has 0 spiro atoms. The molecule has 0 bridgehead atoms. The van der Waals surface area contributed by atoms with Gasteiger partial charge in [-0.05, 0) is 37.3 Å². The lowest BCUT2D eigenvalue weighted by Gasteiger charge is -2.05. The first-order chi connectivity index (χ1) is 12.6. The largest absolute Gasteiger partial charge is 0.336 e. The zero-order valence-electron chi connectivity index (χ0n) is 13.8. The van der Waals surface area contributed by atoms with E-state index in [0.29, 0.717) is 33.8 Å². The molecule has 1 amide bonds. The number of hydrogen-bond acceptors (Lipinski definition) is 4. The van der Waals surface area contributed by atoms with Crippen molar-refractivity contribution in [2.75, 3.05) is 5.32 Å². The molecular weight excluding hydrogens is 333 g/mol. The van der Waals surface area contributed by atoms with Gasteiger partial charge in [-0.2, -0.15) is 0 Å². The van der Waals surface area contributed by atoms with Crippen LogP contribution in [0.1, 0.15) is 16.1 Å². The molecule has 0 radical (unpaired) electrons. The fraction of sp³-hybridized carbons (Fsp3) is 0.0526. The number of benzene rings is 1. The zero-order valence-corrected chi connectivity index (χ0v) is 13.8. The molecule has 7 heteroatoms. The maximum atomic E-state index is 13.5. The van der Waals surface area contributed by atoms with Crippen LogP contribution in [0.25, 0.3) is 22.6 Å². The number of imidazole rings is 1. The second-order valence-electron chi connectivity index (χ2n) is 5.80. The summed E-state index contributed by atoms with van der Waals surface area (Å²) < 4.78 is 13.5. The second-order valence-corrected chi connectivity index (χ2v) is 5.80. The average molecular weight is 347 g/mol. The molecule has 0 aliphatic carbocycles. The maximum Gasteiger partial charge on any atom is 0.258 e. The number of carbonyl (C=O) groups is 1. The van der Waals surface area contributed by atoms with Crippen LogP contribution in [0.3, 0.4) is 0 Å². The third-order valence-corrected chi connectivity index (χ3v) is 3.90. The first kappa shape index (κ1) is 15.9. The minimum Gasteiger partial charge on any atom is -0.336 e. The summed E-state index contributed by atoms with van der Waals surface area (Å²) in [7, 11) is 0. The van der Waals surface area contributed by atoms with Crippen molar-refractivity contribution >= 4 is 22.8 Å². The SMILES string of the molecule is Cc1ccc(NC(=O)c2ccnc3nc(-c4cccc(F)c4)[nH]c23)cn1. The molecule has 128 valence electrons. The van der Waals surface area contributed by atoms with Gasteiger partial charge >= 0.3 is 0 Å². The van der Waals surface area contributed by atoms with Crippen LogP contribution in [-0.2, 0) is 0 Å². The smallest absolute Gasteiger partial charge is 0.258 e. The van der Waals surface area contributed by atoms with Gasteiger partial charge in [0, 0.05) is 17.5 Å². The lowest BCUT2D eigenvalue weighted by molar-refractivity contribution is 0.102. The van der Waals surface area contributed by atoms with E-state index >= 15 is 0 Å². The van der Waals surface area contributed by atoms with E-state index in [2.05, 4.69) is 25.3 Å². The van der Waals surface area contributed by atoms with Crippen LogP contribution in [-0.4, -0.2) is 25.8 Å². The van der Waals surface area contributed by atoms with Gasteiger partial charge in [0.1, 0.15) is 11.6 Å². The van der Waals surface area contributed by atoms with E-state index in [1.54, 1.807) is 30.5 Å². The van der Waals surface area contributed by atoms with E-state index in [4.69, 9.17) is 0 Å². The maximum absolute atomic E-state index is 13.5. The van der Waals surface area contributed by atoms with Crippen LogP contribution in [0.15, 0.2) is 54.9 Å². The molecule has 0 saturated carbocycles. The lowest BCUT2D eigenvalue weighted by atomic mass is 10.2. The topological polar surface area (TPSA) is 83.6 Å². The Morgan fingerprint density at radius 2 is 2.04 bits per heavy atom. The monoisotopic (exact) mass is 347 g/mol. The number of aromatic amines is 1. The molecule has 1 aromatic carbocycles. The fourth-order valence-corrected chi connectivity index (χ4v) is 2.61. The summed E-state index contributed by atoms with van der Waals surface area (Å²) in [5, 5.41) is 2.80. The number of aromatic nitrogens is 4. The Balaban J connectivity index is 1.71. The average Bonchev–Trinajstić information content (AvgIpc) is 3.08. The Morgan fingerprint density at radius 1 is 1.15 bits per heavy atom. The molecule has 0 unspecified atom stereocenters. The normalized spacial score (nSPS) is 10.8. The summed E-state index contributed by atoms with van der Waals surface area (Å²) in [5.74, 6) is -0.220. The van der Waals surface area contributed by atoms with Gasteiger partial charge in [-0.1, -0.05) is 12.1 Å². The van der Waals surface area contributed by atoms with Gasteiger partial charge in [0.25, 0.3) is 5.91 Å². The number of halogens is 1. The number of anilines is 1. The highest BCUT2D eigenvalue weighted by molar-refractivity contribution is 6.11. The second kappa shape index (κ2) is 6.36. The number of hydrogen-bond donors (Lipinski definition) is 2. The number of fused-ring (bicyclic) bond motifs is 1. The van der Waals surface area contributed by atoms with Crippen molar-refractivity contribution in [1.29, 1.82) is 0 Å². The van der Waals surface area contributed by atoms with Gasteiger partial charge in [-0.25, -0.2) is 14.4 Å². The number of H-pyrrole nitrogens is 1. The molecule has 0 atom stereocenters. The molecule has 6 nitrogen and oxygen atoms in total. The van der Waals surface area contributed by atoms with Crippen LogP contribution in [0.5, 0.6) is 0 Å². The van der Waals surface area contributed by atoms with E-state index in [1.165, 1.54) is 18.3 Å². The Labute approximate surface area is 148 Å². The highest BCUT2D eigenvalue weighted by Crippen LogP contribution is 2.22. The van der Waals surface area contributed by atoms with Gasteiger partial charge in [-0.15, -0.1) is 0 Å². The highest BCUT2D eigenvalue weighted by atomic mass is 19.1. The Kier molecular flexibility index (Phi) is 3.89. The van der Waals surface area contributed by atoms with Crippen LogP contribution >= 0.6 is 0 Å². The number of carbonyl (C=O) groups excluding carboxylic acids is 1. The van der Waals surface area contributed by atoms with Gasteiger partial charge < -0.3 is 10.3 Å². The summed E-state index contributed by atoms with van der Waals surface area (Å²) in [5.41, 5.74) is 3.31. The van der Waals surface area contributed by atoms with Crippen LogP contribution in [0, 0.1) is 12.7 Å². The molecule has 2 N–H and O–H groups in total. The van der Waals surface area contributed by atoms with Crippen molar-refractivity contribution in [3.63, 3.8) is 0 Å². The number of amides is 1. The number of pyridine rings is 2. The predicted octanol–water partition coefficient (Wildman–Crippen LogP) is 3.72. The molecule has 3 aromatic heterocycles. The Hall–Kier alpha value is -3.61. The first-order valence-electron chi connectivity index (χ1n) is 7.95. The first-order valence-corrected chi connectivity index (χ1v) is 7.95. The number of nitrogens with one attached hydrogen (secondary N) is 2. The predicted molar refractivity (Wildman–Crippen MR) is 96.2 cm³/mol. The van der Waals surface area contributed by atoms with Crippen LogP contribution < -0.4 is 5.32 Å². The highest BCUT2D eigenvalue weighted by Gasteiger charge is 2.15. The van der Waals surface area contributed by atoms with Crippen molar-refractivity contribution in [2.45, 2.75) is 6.92 Å². The summed E-state index contributed by atoms with van der Waals surface area (Å²) in [6, 6.07) is 11.3. The van der Waals surface area contributed by atoms with Crippen molar-refractivity contribution in [1.82, 2.24) is 19.9 Å². The van der Waals surface area contributed by atoms with E-state index in [-0.39, 0.29) is 11.7 Å². The summed E-state index contributed by atoms with van der Waals surface area (Å²) >= 11 is 0. The quantitative estimate of drug-likeness (QED) is 0.592. The molecule has 3 heterocycles. The van der Waals surface area contributed by atoms with Crippen molar-refractivity contribution in [3.05, 3.63) is 71.9 Å². The molecule has 0 saturated heterocycles. The molecule has 4 rings (SSSR count). The standard InChI is InChI=1S/C19H14FN5O/c1-11-5-6-14(10-22-11)23-19(26)15-7-8-21-18-16(15)24-17(25-18)12-3-2-4-13(20)9-12/h2-10H,1H3,(H,23,26)(H,21,24,25). The van der Waals surface area contributed by atoms with E-state index in [1.807, 2.05) is 13.0 Å². The number of rotatable bonds is 3. The fourth-order valence-electron chi connectivity index (χ4n) is 2.61. The summed E-state index contributed by atoms with van der Waals surface area (Å²) in [6.45, 7) is 1.87. The van der Waals surface area contributed by atoms with E-state index in [0.717, 1.165) is 5.69 Å². The summed E-state index contributed by atoms with van der Waals surface area (Å²) in [4.78, 5) is 28.4. The molecule has 0 aliphatic heterocycles. The third kappa shape index (κ3) is 3.02. The van der Waals surface area contributed by atoms with Crippen molar-refractivity contribution in [2.24, 2.45) is 0 Å². The van der Waals surface area contributed by atoms with Gasteiger partial charge in [-0.3, -0.25) is 9.78 Å². The van der Waals surface area contributed by atoms with Gasteiger partial charge in [0.15, 0.2) is 5.65 Å². The third-order valence-electron chi connectivity index (χ3n) is 3.90. The Bertz CT molecular complexity index is 1100. The lowest BCUT2D eigenvalue weighted by Crippen LogP contribution is -2.12. The summed E-state index contributed by atoms with van der Waals surface area (Å²) in [6.07, 6.45) is 3.11. The number of nitrogens with zero attached hydrogens (tertiary/aromatic N) is 3. The van der Waals surface area contributed by atoms with Crippen LogP contribution in [0.4, 0.5) is 10.1 Å². The Morgan fingerprint density at radius 3 is 2.81 bits per heavy atom.